The molecule has 2 fully saturated rings. The summed E-state index contributed by atoms with van der Waals surface area (Å²) >= 11 is 0. The van der Waals surface area contributed by atoms with E-state index in [9.17, 15) is 9.59 Å². The van der Waals surface area contributed by atoms with Crippen LogP contribution in [0.5, 0.6) is 0 Å². The van der Waals surface area contributed by atoms with E-state index in [-0.39, 0.29) is 11.8 Å². The van der Waals surface area contributed by atoms with E-state index in [0.29, 0.717) is 38.5 Å². The van der Waals surface area contributed by atoms with Crippen molar-refractivity contribution in [3.63, 3.8) is 0 Å². The molecule has 4 nitrogen and oxygen atoms in total. The highest BCUT2D eigenvalue weighted by molar-refractivity contribution is 5.81. The Hall–Kier alpha value is -1.84. The molecule has 1 aromatic carbocycles. The molecule has 0 radical (unpaired) electrons. The minimum atomic E-state index is 0.166. The van der Waals surface area contributed by atoms with Gasteiger partial charge in [-0.2, -0.15) is 0 Å². The van der Waals surface area contributed by atoms with E-state index in [0.717, 1.165) is 18.4 Å². The molecule has 0 atom stereocenters. The number of rotatable bonds is 3. The van der Waals surface area contributed by atoms with Crippen molar-refractivity contribution in [2.75, 3.05) is 26.2 Å². The van der Waals surface area contributed by atoms with Crippen LogP contribution < -0.4 is 0 Å². The van der Waals surface area contributed by atoms with Crippen molar-refractivity contribution in [2.24, 2.45) is 5.92 Å². The molecule has 0 aromatic heterocycles. The van der Waals surface area contributed by atoms with Crippen LogP contribution in [-0.2, 0) is 16.0 Å². The summed E-state index contributed by atoms with van der Waals surface area (Å²) in [6.45, 7) is 4.76. The molecule has 0 spiro atoms. The first kappa shape index (κ1) is 15.1. The van der Waals surface area contributed by atoms with Crippen molar-refractivity contribution in [1.82, 2.24) is 9.80 Å². The number of nitrogens with zero attached hydrogens (tertiary/aromatic N) is 2. The van der Waals surface area contributed by atoms with Gasteiger partial charge in [-0.05, 0) is 25.3 Å². The average Bonchev–Trinajstić information content (AvgIpc) is 2.48. The molecule has 1 aromatic rings. The minimum Gasteiger partial charge on any atom is -0.339 e. The summed E-state index contributed by atoms with van der Waals surface area (Å²) in [5, 5.41) is 0. The number of piperazine rings is 1. The molecule has 4 heteroatoms. The first-order valence-corrected chi connectivity index (χ1v) is 8.25. The number of aryl methyl sites for hydroxylation is 1. The number of carbonyl (C=O) groups excluding carboxylic acids is 2. The summed E-state index contributed by atoms with van der Waals surface area (Å²) in [4.78, 5) is 28.4. The SMILES string of the molecule is Cc1ccc(CC(=O)N2CCN(C(=O)C3CCC3)CC2)cc1. The average molecular weight is 300 g/mol. The molecule has 0 bridgehead atoms. The van der Waals surface area contributed by atoms with Crippen LogP contribution in [0.25, 0.3) is 0 Å². The lowest BCUT2D eigenvalue weighted by molar-refractivity contribution is -0.143. The van der Waals surface area contributed by atoms with Crippen molar-refractivity contribution < 1.29 is 9.59 Å². The highest BCUT2D eigenvalue weighted by atomic mass is 16.2. The largest absolute Gasteiger partial charge is 0.339 e. The van der Waals surface area contributed by atoms with Crippen LogP contribution in [0.2, 0.25) is 0 Å². The second-order valence-corrected chi connectivity index (χ2v) is 6.50. The number of carbonyl (C=O) groups is 2. The summed E-state index contributed by atoms with van der Waals surface area (Å²) in [6.07, 6.45) is 3.74. The number of hydrogen-bond donors (Lipinski definition) is 0. The Morgan fingerprint density at radius 1 is 1.00 bits per heavy atom. The van der Waals surface area contributed by atoms with E-state index < -0.39 is 0 Å². The molecular formula is C18H24N2O2. The monoisotopic (exact) mass is 300 g/mol. The number of hydrogen-bond acceptors (Lipinski definition) is 2. The second kappa shape index (κ2) is 6.51. The van der Waals surface area contributed by atoms with Crippen LogP contribution in [0.1, 0.15) is 30.4 Å². The lowest BCUT2D eigenvalue weighted by Crippen LogP contribution is -2.52. The molecule has 1 saturated heterocycles. The Bertz CT molecular complexity index is 541. The normalized spacial score (nSPS) is 19.0. The number of benzene rings is 1. The maximum Gasteiger partial charge on any atom is 0.227 e. The highest BCUT2D eigenvalue weighted by Gasteiger charge is 2.31. The van der Waals surface area contributed by atoms with Crippen LogP contribution in [0, 0.1) is 12.8 Å². The molecular weight excluding hydrogens is 276 g/mol. The van der Waals surface area contributed by atoms with E-state index in [4.69, 9.17) is 0 Å². The van der Waals surface area contributed by atoms with E-state index in [1.807, 2.05) is 41.0 Å². The van der Waals surface area contributed by atoms with Gasteiger partial charge in [-0.15, -0.1) is 0 Å². The van der Waals surface area contributed by atoms with Crippen molar-refractivity contribution in [3.05, 3.63) is 35.4 Å². The summed E-state index contributed by atoms with van der Waals surface area (Å²) in [6, 6.07) is 8.11. The fraction of sp³-hybridized carbons (Fsp3) is 0.556. The highest BCUT2D eigenvalue weighted by Crippen LogP contribution is 2.28. The van der Waals surface area contributed by atoms with Gasteiger partial charge in [-0.1, -0.05) is 36.2 Å². The zero-order valence-corrected chi connectivity index (χ0v) is 13.3. The Balaban J connectivity index is 1.49. The van der Waals surface area contributed by atoms with Crippen molar-refractivity contribution in [3.8, 4) is 0 Å². The van der Waals surface area contributed by atoms with E-state index >= 15 is 0 Å². The van der Waals surface area contributed by atoms with Gasteiger partial charge < -0.3 is 9.80 Å². The van der Waals surface area contributed by atoms with Gasteiger partial charge in [0.25, 0.3) is 0 Å². The van der Waals surface area contributed by atoms with Crippen molar-refractivity contribution in [2.45, 2.75) is 32.6 Å². The van der Waals surface area contributed by atoms with Crippen LogP contribution >= 0.6 is 0 Å². The van der Waals surface area contributed by atoms with Crippen LogP contribution in [0.4, 0.5) is 0 Å². The van der Waals surface area contributed by atoms with Gasteiger partial charge in [0.1, 0.15) is 0 Å². The number of amides is 2. The molecule has 1 saturated carbocycles. The fourth-order valence-corrected chi connectivity index (χ4v) is 3.08. The van der Waals surface area contributed by atoms with Gasteiger partial charge in [0.05, 0.1) is 6.42 Å². The molecule has 2 amide bonds. The fourth-order valence-electron chi connectivity index (χ4n) is 3.08. The summed E-state index contributed by atoms with van der Waals surface area (Å²) in [7, 11) is 0. The van der Waals surface area contributed by atoms with E-state index in [1.165, 1.54) is 12.0 Å². The summed E-state index contributed by atoms with van der Waals surface area (Å²) in [5.41, 5.74) is 2.27. The maximum atomic E-state index is 12.4. The summed E-state index contributed by atoms with van der Waals surface area (Å²) in [5.74, 6) is 0.728. The Morgan fingerprint density at radius 3 is 2.14 bits per heavy atom. The van der Waals surface area contributed by atoms with E-state index in [1.54, 1.807) is 0 Å². The topological polar surface area (TPSA) is 40.6 Å². The molecule has 2 aliphatic rings. The van der Waals surface area contributed by atoms with Gasteiger partial charge in [-0.3, -0.25) is 9.59 Å². The lowest BCUT2D eigenvalue weighted by Gasteiger charge is -2.38. The molecule has 22 heavy (non-hydrogen) atoms. The Labute approximate surface area is 132 Å². The van der Waals surface area contributed by atoms with Crippen LogP contribution in [-0.4, -0.2) is 47.8 Å². The third kappa shape index (κ3) is 3.32. The predicted octanol–water partition coefficient (Wildman–Crippen LogP) is 2.01. The van der Waals surface area contributed by atoms with Gasteiger partial charge in [0, 0.05) is 32.1 Å². The van der Waals surface area contributed by atoms with Crippen molar-refractivity contribution in [1.29, 1.82) is 0 Å². The van der Waals surface area contributed by atoms with Gasteiger partial charge in [0.2, 0.25) is 11.8 Å². The Kier molecular flexibility index (Phi) is 4.46. The second-order valence-electron chi connectivity index (χ2n) is 6.50. The minimum absolute atomic E-state index is 0.166. The predicted molar refractivity (Wildman–Crippen MR) is 85.4 cm³/mol. The summed E-state index contributed by atoms with van der Waals surface area (Å²) < 4.78 is 0. The lowest BCUT2D eigenvalue weighted by atomic mass is 9.84. The molecule has 1 aliphatic heterocycles. The molecule has 1 aliphatic carbocycles. The third-order valence-electron chi connectivity index (χ3n) is 4.87. The van der Waals surface area contributed by atoms with Gasteiger partial charge in [0.15, 0.2) is 0 Å². The first-order chi connectivity index (χ1) is 10.6. The van der Waals surface area contributed by atoms with Crippen LogP contribution in [0.15, 0.2) is 24.3 Å². The Morgan fingerprint density at radius 2 is 1.59 bits per heavy atom. The van der Waals surface area contributed by atoms with Crippen molar-refractivity contribution >= 4 is 11.8 Å². The van der Waals surface area contributed by atoms with Crippen LogP contribution in [0.3, 0.4) is 0 Å². The van der Waals surface area contributed by atoms with Gasteiger partial charge in [-0.25, -0.2) is 0 Å². The molecule has 1 heterocycles. The maximum absolute atomic E-state index is 12.4. The van der Waals surface area contributed by atoms with E-state index in [2.05, 4.69) is 0 Å². The standard InChI is InChI=1S/C18H24N2O2/c1-14-5-7-15(8-6-14)13-17(21)19-9-11-20(12-10-19)18(22)16-3-2-4-16/h5-8,16H,2-4,9-13H2,1H3. The molecule has 0 N–H and O–H groups in total. The zero-order valence-electron chi connectivity index (χ0n) is 13.3. The zero-order chi connectivity index (χ0) is 15.5. The molecule has 3 rings (SSSR count). The molecule has 118 valence electrons. The quantitative estimate of drug-likeness (QED) is 0.857. The third-order valence-corrected chi connectivity index (χ3v) is 4.87. The van der Waals surface area contributed by atoms with Gasteiger partial charge >= 0.3 is 0 Å². The molecule has 0 unspecified atom stereocenters. The first-order valence-electron chi connectivity index (χ1n) is 8.25. The smallest absolute Gasteiger partial charge is 0.227 e.